The van der Waals surface area contributed by atoms with Gasteiger partial charge in [-0.05, 0) is 43.3 Å². The second-order valence-corrected chi connectivity index (χ2v) is 5.21. The summed E-state index contributed by atoms with van der Waals surface area (Å²) in [6, 6.07) is 13.7. The number of amides is 2. The van der Waals surface area contributed by atoms with E-state index in [0.29, 0.717) is 42.3 Å². The standard InChI is InChI=1S/C19H22N2O4/c1-3-25-17-7-5-4-6-16(17)21-19(23)15-10-8-14(9-11-15)18(22)20-12-13-24-2/h4-11H,3,12-13H2,1-2H3,(H,20,22)(H,21,23). The van der Waals surface area contributed by atoms with Crippen molar-refractivity contribution in [2.75, 3.05) is 32.2 Å². The monoisotopic (exact) mass is 342 g/mol. The smallest absolute Gasteiger partial charge is 0.255 e. The maximum absolute atomic E-state index is 12.4. The number of methoxy groups -OCH3 is 1. The number of ether oxygens (including phenoxy) is 2. The van der Waals surface area contributed by atoms with Gasteiger partial charge >= 0.3 is 0 Å². The molecule has 0 aliphatic heterocycles. The van der Waals surface area contributed by atoms with Gasteiger partial charge in [0.25, 0.3) is 11.8 Å². The number of benzene rings is 2. The van der Waals surface area contributed by atoms with Crippen LogP contribution in [0.1, 0.15) is 27.6 Å². The van der Waals surface area contributed by atoms with E-state index in [1.807, 2.05) is 19.1 Å². The van der Waals surface area contributed by atoms with Crippen LogP contribution in [0.15, 0.2) is 48.5 Å². The molecule has 2 rings (SSSR count). The van der Waals surface area contributed by atoms with E-state index in [-0.39, 0.29) is 11.8 Å². The van der Waals surface area contributed by atoms with Crippen molar-refractivity contribution in [1.29, 1.82) is 0 Å². The molecule has 6 nitrogen and oxygen atoms in total. The fourth-order valence-corrected chi connectivity index (χ4v) is 2.19. The molecule has 0 unspecified atom stereocenters. The van der Waals surface area contributed by atoms with E-state index in [4.69, 9.17) is 9.47 Å². The predicted octanol–water partition coefficient (Wildman–Crippen LogP) is 2.71. The maximum Gasteiger partial charge on any atom is 0.255 e. The number of nitrogens with one attached hydrogen (secondary N) is 2. The van der Waals surface area contributed by atoms with Crippen molar-refractivity contribution >= 4 is 17.5 Å². The van der Waals surface area contributed by atoms with Crippen LogP contribution >= 0.6 is 0 Å². The van der Waals surface area contributed by atoms with Crippen molar-refractivity contribution in [2.45, 2.75) is 6.92 Å². The minimum Gasteiger partial charge on any atom is -0.492 e. The average molecular weight is 342 g/mol. The van der Waals surface area contributed by atoms with E-state index < -0.39 is 0 Å². The van der Waals surface area contributed by atoms with Gasteiger partial charge in [0.05, 0.1) is 18.9 Å². The Morgan fingerprint density at radius 3 is 2.24 bits per heavy atom. The van der Waals surface area contributed by atoms with Crippen molar-refractivity contribution in [3.8, 4) is 5.75 Å². The van der Waals surface area contributed by atoms with E-state index in [0.717, 1.165) is 0 Å². The number of carbonyl (C=O) groups is 2. The van der Waals surface area contributed by atoms with Gasteiger partial charge in [0.15, 0.2) is 0 Å². The molecule has 0 fully saturated rings. The zero-order valence-electron chi connectivity index (χ0n) is 14.4. The normalized spacial score (nSPS) is 10.2. The molecule has 0 aliphatic carbocycles. The molecule has 0 heterocycles. The van der Waals surface area contributed by atoms with Crippen LogP contribution < -0.4 is 15.4 Å². The van der Waals surface area contributed by atoms with Gasteiger partial charge < -0.3 is 20.1 Å². The summed E-state index contributed by atoms with van der Waals surface area (Å²) in [5.41, 5.74) is 1.55. The minimum absolute atomic E-state index is 0.203. The Balaban J connectivity index is 2.02. The van der Waals surface area contributed by atoms with Crippen LogP contribution in [0.3, 0.4) is 0 Å². The van der Waals surface area contributed by atoms with E-state index >= 15 is 0 Å². The van der Waals surface area contributed by atoms with E-state index in [1.54, 1.807) is 43.5 Å². The quantitative estimate of drug-likeness (QED) is 0.723. The fourth-order valence-electron chi connectivity index (χ4n) is 2.19. The Kier molecular flexibility index (Phi) is 6.98. The van der Waals surface area contributed by atoms with Crippen LogP contribution in [-0.4, -0.2) is 38.7 Å². The maximum atomic E-state index is 12.4. The van der Waals surface area contributed by atoms with Crippen LogP contribution in [0.5, 0.6) is 5.75 Å². The molecule has 0 spiro atoms. The summed E-state index contributed by atoms with van der Waals surface area (Å²) in [5, 5.41) is 5.55. The lowest BCUT2D eigenvalue weighted by Crippen LogP contribution is -2.27. The SMILES string of the molecule is CCOc1ccccc1NC(=O)c1ccc(C(=O)NCCOC)cc1. The Morgan fingerprint density at radius 1 is 0.960 bits per heavy atom. The van der Waals surface area contributed by atoms with Crippen molar-refractivity contribution in [1.82, 2.24) is 5.32 Å². The number of para-hydroxylation sites is 2. The zero-order valence-corrected chi connectivity index (χ0v) is 14.4. The van der Waals surface area contributed by atoms with Gasteiger partial charge in [-0.2, -0.15) is 0 Å². The zero-order chi connectivity index (χ0) is 18.1. The third kappa shape index (κ3) is 5.32. The van der Waals surface area contributed by atoms with Crippen LogP contribution in [0.2, 0.25) is 0 Å². The van der Waals surface area contributed by atoms with E-state index in [9.17, 15) is 9.59 Å². The van der Waals surface area contributed by atoms with Crippen LogP contribution in [0.4, 0.5) is 5.69 Å². The molecular weight excluding hydrogens is 320 g/mol. The highest BCUT2D eigenvalue weighted by Gasteiger charge is 2.11. The van der Waals surface area contributed by atoms with Crippen molar-refractivity contribution in [2.24, 2.45) is 0 Å². The fraction of sp³-hybridized carbons (Fsp3) is 0.263. The first kappa shape index (κ1) is 18.5. The summed E-state index contributed by atoms with van der Waals surface area (Å²) in [6.45, 7) is 3.28. The van der Waals surface area contributed by atoms with Gasteiger partial charge in [-0.25, -0.2) is 0 Å². The third-order valence-electron chi connectivity index (χ3n) is 3.44. The Hall–Kier alpha value is -2.86. The van der Waals surface area contributed by atoms with Gasteiger partial charge in [-0.1, -0.05) is 12.1 Å². The van der Waals surface area contributed by atoms with Crippen molar-refractivity contribution in [3.63, 3.8) is 0 Å². The molecule has 0 saturated carbocycles. The topological polar surface area (TPSA) is 76.7 Å². The van der Waals surface area contributed by atoms with Gasteiger partial charge in [-0.15, -0.1) is 0 Å². The third-order valence-corrected chi connectivity index (χ3v) is 3.44. The molecule has 0 aromatic heterocycles. The summed E-state index contributed by atoms with van der Waals surface area (Å²) in [5.74, 6) is 0.150. The molecule has 0 saturated heterocycles. The number of rotatable bonds is 8. The number of carbonyl (C=O) groups excluding carboxylic acids is 2. The lowest BCUT2D eigenvalue weighted by Gasteiger charge is -2.11. The lowest BCUT2D eigenvalue weighted by atomic mass is 10.1. The molecule has 2 aromatic carbocycles. The van der Waals surface area contributed by atoms with Crippen LogP contribution in [0, 0.1) is 0 Å². The van der Waals surface area contributed by atoms with Crippen molar-refractivity contribution in [3.05, 3.63) is 59.7 Å². The highest BCUT2D eigenvalue weighted by molar-refractivity contribution is 6.05. The molecule has 132 valence electrons. The highest BCUT2D eigenvalue weighted by atomic mass is 16.5. The molecule has 2 N–H and O–H groups in total. The summed E-state index contributed by atoms with van der Waals surface area (Å²) < 4.78 is 10.4. The summed E-state index contributed by atoms with van der Waals surface area (Å²) in [4.78, 5) is 24.3. The molecule has 6 heteroatoms. The van der Waals surface area contributed by atoms with Crippen LogP contribution in [-0.2, 0) is 4.74 Å². The molecule has 25 heavy (non-hydrogen) atoms. The first-order valence-electron chi connectivity index (χ1n) is 8.06. The van der Waals surface area contributed by atoms with Crippen molar-refractivity contribution < 1.29 is 19.1 Å². The second-order valence-electron chi connectivity index (χ2n) is 5.21. The molecule has 0 bridgehead atoms. The van der Waals surface area contributed by atoms with Gasteiger partial charge in [-0.3, -0.25) is 9.59 Å². The predicted molar refractivity (Wildman–Crippen MR) is 96.2 cm³/mol. The van der Waals surface area contributed by atoms with Crippen LogP contribution in [0.25, 0.3) is 0 Å². The first-order valence-corrected chi connectivity index (χ1v) is 8.06. The molecule has 0 radical (unpaired) electrons. The van der Waals surface area contributed by atoms with E-state index in [2.05, 4.69) is 10.6 Å². The summed E-state index contributed by atoms with van der Waals surface area (Å²) >= 11 is 0. The number of hydrogen-bond acceptors (Lipinski definition) is 4. The number of hydrogen-bond donors (Lipinski definition) is 2. The summed E-state index contributed by atoms with van der Waals surface area (Å²) in [7, 11) is 1.57. The Morgan fingerprint density at radius 2 is 1.60 bits per heavy atom. The summed E-state index contributed by atoms with van der Waals surface area (Å²) in [6.07, 6.45) is 0. The molecule has 2 aromatic rings. The Bertz CT molecular complexity index is 714. The molecule has 2 amide bonds. The second kappa shape index (κ2) is 9.44. The highest BCUT2D eigenvalue weighted by Crippen LogP contribution is 2.24. The first-order chi connectivity index (χ1) is 12.2. The Labute approximate surface area is 147 Å². The molecular formula is C19H22N2O4. The van der Waals surface area contributed by atoms with Gasteiger partial charge in [0, 0.05) is 24.8 Å². The number of anilines is 1. The minimum atomic E-state index is -0.265. The van der Waals surface area contributed by atoms with E-state index in [1.165, 1.54) is 0 Å². The largest absolute Gasteiger partial charge is 0.492 e. The average Bonchev–Trinajstić information content (AvgIpc) is 2.64. The van der Waals surface area contributed by atoms with Gasteiger partial charge in [0.2, 0.25) is 0 Å². The van der Waals surface area contributed by atoms with Gasteiger partial charge in [0.1, 0.15) is 5.75 Å². The lowest BCUT2D eigenvalue weighted by molar-refractivity contribution is 0.0935. The molecule has 0 aliphatic rings. The molecule has 0 atom stereocenters.